The van der Waals surface area contributed by atoms with Gasteiger partial charge in [-0.2, -0.15) is 17.0 Å². The zero-order chi connectivity index (χ0) is 13.8. The van der Waals surface area contributed by atoms with E-state index in [1.165, 1.54) is 15.7 Å². The quantitative estimate of drug-likeness (QED) is 0.691. The van der Waals surface area contributed by atoms with Gasteiger partial charge in [0.25, 0.3) is 10.2 Å². The highest BCUT2D eigenvalue weighted by molar-refractivity contribution is 7.86. The number of ether oxygens (including phenoxy) is 1. The molecule has 1 fully saturated rings. The summed E-state index contributed by atoms with van der Waals surface area (Å²) in [5, 5.41) is 0. The summed E-state index contributed by atoms with van der Waals surface area (Å²) >= 11 is 0. The van der Waals surface area contributed by atoms with E-state index in [4.69, 9.17) is 0 Å². The third-order valence-corrected chi connectivity index (χ3v) is 5.19. The van der Waals surface area contributed by atoms with Crippen molar-refractivity contribution in [3.8, 4) is 0 Å². The number of piperidine rings is 1. The van der Waals surface area contributed by atoms with Crippen molar-refractivity contribution in [2.75, 3.05) is 26.7 Å². The van der Waals surface area contributed by atoms with E-state index in [-0.39, 0.29) is 12.6 Å². The Hall–Kier alpha value is -0.660. The Labute approximate surface area is 109 Å². The lowest BCUT2D eigenvalue weighted by Gasteiger charge is -2.33. The number of carbonyl (C=O) groups is 1. The summed E-state index contributed by atoms with van der Waals surface area (Å²) in [7, 11) is -2.30. The van der Waals surface area contributed by atoms with E-state index in [9.17, 15) is 13.2 Å². The fourth-order valence-electron chi connectivity index (χ4n) is 1.97. The first kappa shape index (κ1) is 15.4. The second-order valence-corrected chi connectivity index (χ2v) is 6.56. The molecule has 1 saturated heterocycles. The molecule has 0 unspecified atom stereocenters. The van der Waals surface area contributed by atoms with Gasteiger partial charge in [0.15, 0.2) is 0 Å². The second kappa shape index (κ2) is 6.49. The average molecular weight is 278 g/mol. The van der Waals surface area contributed by atoms with Crippen molar-refractivity contribution >= 4 is 16.2 Å². The van der Waals surface area contributed by atoms with Gasteiger partial charge in [-0.1, -0.05) is 6.42 Å². The number of carbonyl (C=O) groups excluding carboxylic acids is 1. The normalized spacial score (nSPS) is 18.3. The monoisotopic (exact) mass is 278 g/mol. The molecule has 0 bridgehead atoms. The van der Waals surface area contributed by atoms with E-state index in [1.54, 1.807) is 13.8 Å². The maximum Gasteiger partial charge on any atom is 0.321 e. The molecule has 7 heteroatoms. The van der Waals surface area contributed by atoms with Crippen molar-refractivity contribution in [3.05, 3.63) is 0 Å². The van der Waals surface area contributed by atoms with Gasteiger partial charge in [-0.3, -0.25) is 4.79 Å². The van der Waals surface area contributed by atoms with Crippen molar-refractivity contribution in [2.45, 2.75) is 39.2 Å². The molecule has 1 rings (SSSR count). The number of hydrogen-bond acceptors (Lipinski definition) is 4. The highest BCUT2D eigenvalue weighted by atomic mass is 32.2. The maximum atomic E-state index is 12.4. The van der Waals surface area contributed by atoms with Gasteiger partial charge in [-0.05, 0) is 26.7 Å². The second-order valence-electron chi connectivity index (χ2n) is 4.68. The van der Waals surface area contributed by atoms with Crippen LogP contribution in [0.3, 0.4) is 0 Å². The molecular weight excluding hydrogens is 256 g/mol. The molecule has 1 aliphatic heterocycles. The molecule has 0 atom stereocenters. The van der Waals surface area contributed by atoms with Crippen LogP contribution in [0.2, 0.25) is 0 Å². The van der Waals surface area contributed by atoms with Crippen LogP contribution in [0.5, 0.6) is 0 Å². The predicted molar refractivity (Wildman–Crippen MR) is 68.2 cm³/mol. The summed E-state index contributed by atoms with van der Waals surface area (Å²) in [6, 6.07) is -0.268. The van der Waals surface area contributed by atoms with Gasteiger partial charge in [0, 0.05) is 19.1 Å². The molecule has 1 heterocycles. The number of rotatable bonds is 5. The Balaban J connectivity index is 2.85. The minimum Gasteiger partial charge on any atom is -0.468 e. The zero-order valence-corrected chi connectivity index (χ0v) is 12.1. The molecule has 0 radical (unpaired) electrons. The molecule has 0 aromatic rings. The number of esters is 1. The fraction of sp³-hybridized carbons (Fsp3) is 0.909. The van der Waals surface area contributed by atoms with Crippen LogP contribution in [0.25, 0.3) is 0 Å². The fourth-order valence-corrected chi connectivity index (χ4v) is 3.78. The van der Waals surface area contributed by atoms with Crippen molar-refractivity contribution in [2.24, 2.45) is 0 Å². The van der Waals surface area contributed by atoms with Gasteiger partial charge < -0.3 is 4.74 Å². The van der Waals surface area contributed by atoms with Crippen molar-refractivity contribution < 1.29 is 17.9 Å². The summed E-state index contributed by atoms with van der Waals surface area (Å²) in [4.78, 5) is 11.3. The Morgan fingerprint density at radius 3 is 2.28 bits per heavy atom. The SMILES string of the molecule is COC(=O)CN(C(C)C)S(=O)(=O)N1CCCCC1. The number of hydrogen-bond donors (Lipinski definition) is 0. The van der Waals surface area contributed by atoms with E-state index in [1.807, 2.05) is 0 Å². The number of nitrogens with zero attached hydrogens (tertiary/aromatic N) is 2. The Kier molecular flexibility index (Phi) is 5.55. The van der Waals surface area contributed by atoms with Crippen molar-refractivity contribution in [1.82, 2.24) is 8.61 Å². The van der Waals surface area contributed by atoms with Crippen LogP contribution in [0.4, 0.5) is 0 Å². The lowest BCUT2D eigenvalue weighted by molar-refractivity contribution is -0.141. The van der Waals surface area contributed by atoms with Crippen LogP contribution in [0.15, 0.2) is 0 Å². The van der Waals surface area contributed by atoms with Gasteiger partial charge in [-0.15, -0.1) is 0 Å². The topological polar surface area (TPSA) is 66.9 Å². The van der Waals surface area contributed by atoms with Crippen LogP contribution >= 0.6 is 0 Å². The van der Waals surface area contributed by atoms with E-state index in [0.717, 1.165) is 19.3 Å². The maximum absolute atomic E-state index is 12.4. The van der Waals surface area contributed by atoms with Gasteiger partial charge in [0.2, 0.25) is 0 Å². The average Bonchev–Trinajstić information content (AvgIpc) is 2.36. The molecule has 0 spiro atoms. The van der Waals surface area contributed by atoms with Gasteiger partial charge in [0.1, 0.15) is 6.54 Å². The molecule has 0 aromatic heterocycles. The van der Waals surface area contributed by atoms with Crippen LogP contribution in [0.1, 0.15) is 33.1 Å². The lowest BCUT2D eigenvalue weighted by atomic mass is 10.2. The zero-order valence-electron chi connectivity index (χ0n) is 11.3. The van der Waals surface area contributed by atoms with E-state index < -0.39 is 16.2 Å². The number of methoxy groups -OCH3 is 1. The Morgan fingerprint density at radius 2 is 1.83 bits per heavy atom. The van der Waals surface area contributed by atoms with Gasteiger partial charge >= 0.3 is 5.97 Å². The molecule has 0 saturated carbocycles. The smallest absolute Gasteiger partial charge is 0.321 e. The highest BCUT2D eigenvalue weighted by Crippen LogP contribution is 2.18. The van der Waals surface area contributed by atoms with E-state index in [0.29, 0.717) is 13.1 Å². The Morgan fingerprint density at radius 1 is 1.28 bits per heavy atom. The van der Waals surface area contributed by atoms with Gasteiger partial charge in [0.05, 0.1) is 7.11 Å². The molecule has 106 valence electrons. The minimum atomic E-state index is -3.56. The molecular formula is C11H22N2O4S. The lowest BCUT2D eigenvalue weighted by Crippen LogP contribution is -2.50. The standard InChI is InChI=1S/C11H22N2O4S/c1-10(2)13(9-11(14)17-3)18(15,16)12-7-5-4-6-8-12/h10H,4-9H2,1-3H3. The van der Waals surface area contributed by atoms with Crippen LogP contribution < -0.4 is 0 Å². The first-order valence-electron chi connectivity index (χ1n) is 6.23. The van der Waals surface area contributed by atoms with E-state index >= 15 is 0 Å². The van der Waals surface area contributed by atoms with Crippen molar-refractivity contribution in [3.63, 3.8) is 0 Å². The molecule has 0 aromatic carbocycles. The first-order chi connectivity index (χ1) is 8.39. The van der Waals surface area contributed by atoms with Crippen molar-refractivity contribution in [1.29, 1.82) is 0 Å². The molecule has 0 N–H and O–H groups in total. The van der Waals surface area contributed by atoms with Crippen LogP contribution in [-0.4, -0.2) is 55.8 Å². The molecule has 0 aliphatic carbocycles. The van der Waals surface area contributed by atoms with Gasteiger partial charge in [-0.25, -0.2) is 0 Å². The van der Waals surface area contributed by atoms with Crippen LogP contribution in [0, 0.1) is 0 Å². The van der Waals surface area contributed by atoms with Crippen LogP contribution in [-0.2, 0) is 19.7 Å². The summed E-state index contributed by atoms with van der Waals surface area (Å²) < 4.78 is 32.1. The first-order valence-corrected chi connectivity index (χ1v) is 7.63. The molecule has 0 amide bonds. The summed E-state index contributed by atoms with van der Waals surface area (Å²) in [5.74, 6) is -0.538. The Bertz CT molecular complexity index is 375. The molecule has 1 aliphatic rings. The van der Waals surface area contributed by atoms with E-state index in [2.05, 4.69) is 4.74 Å². The summed E-state index contributed by atoms with van der Waals surface area (Å²) in [5.41, 5.74) is 0. The molecule has 6 nitrogen and oxygen atoms in total. The predicted octanol–water partition coefficient (Wildman–Crippen LogP) is 0.600. The summed E-state index contributed by atoms with van der Waals surface area (Å²) in [6.07, 6.45) is 2.82. The highest BCUT2D eigenvalue weighted by Gasteiger charge is 2.33. The largest absolute Gasteiger partial charge is 0.468 e. The third kappa shape index (κ3) is 3.66. The summed E-state index contributed by atoms with van der Waals surface area (Å²) in [6.45, 7) is 4.35. The molecule has 18 heavy (non-hydrogen) atoms. The third-order valence-electron chi connectivity index (χ3n) is 3.03. The minimum absolute atomic E-state index is 0.229.